The van der Waals surface area contributed by atoms with Crippen molar-refractivity contribution in [3.63, 3.8) is 0 Å². The van der Waals surface area contributed by atoms with Crippen LogP contribution in [0.15, 0.2) is 16.5 Å². The van der Waals surface area contributed by atoms with E-state index in [0.29, 0.717) is 22.9 Å². The minimum Gasteiger partial charge on any atom is -0.437 e. The van der Waals surface area contributed by atoms with Crippen molar-refractivity contribution >= 4 is 22.7 Å². The third-order valence-corrected chi connectivity index (χ3v) is 4.28. The van der Waals surface area contributed by atoms with Gasteiger partial charge in [-0.05, 0) is 37.7 Å². The molecular formula is C14H16ClFN2O. The van der Waals surface area contributed by atoms with Gasteiger partial charge in [0.25, 0.3) is 0 Å². The van der Waals surface area contributed by atoms with Gasteiger partial charge >= 0.3 is 0 Å². The monoisotopic (exact) mass is 282 g/mol. The van der Waals surface area contributed by atoms with E-state index in [1.807, 2.05) is 0 Å². The summed E-state index contributed by atoms with van der Waals surface area (Å²) in [7, 11) is 0. The third kappa shape index (κ3) is 2.23. The van der Waals surface area contributed by atoms with Gasteiger partial charge in [-0.25, -0.2) is 9.37 Å². The standard InChI is InChI=1S/C14H16ClFN2O/c1-8-2-4-14(17,5-3-8)13-18-11-7-9(16)6-10(15)12(11)19-13/h6-8H,2-5,17H2,1H3. The Kier molecular flexibility index (Phi) is 3.02. The number of hydrogen-bond donors (Lipinski definition) is 1. The molecule has 1 aromatic heterocycles. The molecular weight excluding hydrogens is 267 g/mol. The first-order valence-electron chi connectivity index (χ1n) is 6.53. The largest absolute Gasteiger partial charge is 0.437 e. The van der Waals surface area contributed by atoms with Crippen LogP contribution in [0.25, 0.3) is 11.1 Å². The van der Waals surface area contributed by atoms with Crippen molar-refractivity contribution < 1.29 is 8.81 Å². The quantitative estimate of drug-likeness (QED) is 0.860. The molecule has 0 bridgehead atoms. The highest BCUT2D eigenvalue weighted by Gasteiger charge is 2.36. The molecule has 2 N–H and O–H groups in total. The van der Waals surface area contributed by atoms with Gasteiger partial charge in [0.2, 0.25) is 5.89 Å². The molecule has 3 rings (SSSR count). The lowest BCUT2D eigenvalue weighted by Crippen LogP contribution is -2.40. The fourth-order valence-electron chi connectivity index (χ4n) is 2.66. The van der Waals surface area contributed by atoms with Crippen LogP contribution in [0.4, 0.5) is 4.39 Å². The number of rotatable bonds is 1. The first-order chi connectivity index (χ1) is 8.98. The van der Waals surface area contributed by atoms with Crippen molar-refractivity contribution in [2.45, 2.75) is 38.1 Å². The fraction of sp³-hybridized carbons (Fsp3) is 0.500. The van der Waals surface area contributed by atoms with Crippen LogP contribution in [0, 0.1) is 11.7 Å². The first kappa shape index (κ1) is 12.9. The van der Waals surface area contributed by atoms with Crippen molar-refractivity contribution in [1.82, 2.24) is 4.98 Å². The molecule has 0 atom stereocenters. The zero-order valence-electron chi connectivity index (χ0n) is 10.7. The van der Waals surface area contributed by atoms with Crippen LogP contribution in [0.5, 0.6) is 0 Å². The summed E-state index contributed by atoms with van der Waals surface area (Å²) in [6.07, 6.45) is 3.77. The fourth-order valence-corrected chi connectivity index (χ4v) is 2.90. The zero-order chi connectivity index (χ0) is 13.6. The summed E-state index contributed by atoms with van der Waals surface area (Å²) in [5.74, 6) is 0.740. The lowest BCUT2D eigenvalue weighted by Gasteiger charge is -2.33. The van der Waals surface area contributed by atoms with E-state index in [4.69, 9.17) is 21.8 Å². The Morgan fingerprint density at radius 3 is 2.79 bits per heavy atom. The van der Waals surface area contributed by atoms with Crippen LogP contribution >= 0.6 is 11.6 Å². The van der Waals surface area contributed by atoms with Crippen molar-refractivity contribution in [3.05, 3.63) is 28.9 Å². The molecule has 1 heterocycles. The molecule has 0 saturated heterocycles. The second-order valence-corrected chi connectivity index (χ2v) is 6.00. The predicted molar refractivity (Wildman–Crippen MR) is 72.5 cm³/mol. The Labute approximate surface area is 115 Å². The number of fused-ring (bicyclic) bond motifs is 1. The second kappa shape index (κ2) is 4.46. The van der Waals surface area contributed by atoms with Crippen LogP contribution < -0.4 is 5.73 Å². The molecule has 0 unspecified atom stereocenters. The van der Waals surface area contributed by atoms with E-state index in [1.165, 1.54) is 12.1 Å². The van der Waals surface area contributed by atoms with Crippen LogP contribution in [-0.4, -0.2) is 4.98 Å². The average molecular weight is 283 g/mol. The Morgan fingerprint density at radius 1 is 1.42 bits per heavy atom. The maximum absolute atomic E-state index is 13.3. The molecule has 1 saturated carbocycles. The smallest absolute Gasteiger partial charge is 0.215 e. The van der Waals surface area contributed by atoms with E-state index in [0.717, 1.165) is 25.7 Å². The van der Waals surface area contributed by atoms with Crippen molar-refractivity contribution in [2.75, 3.05) is 0 Å². The highest BCUT2D eigenvalue weighted by atomic mass is 35.5. The van der Waals surface area contributed by atoms with Gasteiger partial charge in [0.1, 0.15) is 11.3 Å². The summed E-state index contributed by atoms with van der Waals surface area (Å²) in [4.78, 5) is 4.34. The van der Waals surface area contributed by atoms with Gasteiger partial charge in [0.15, 0.2) is 5.58 Å². The van der Waals surface area contributed by atoms with Gasteiger partial charge in [-0.1, -0.05) is 18.5 Å². The lowest BCUT2D eigenvalue weighted by atomic mass is 9.78. The molecule has 3 nitrogen and oxygen atoms in total. The summed E-state index contributed by atoms with van der Waals surface area (Å²) < 4.78 is 19.0. The first-order valence-corrected chi connectivity index (χ1v) is 6.91. The minimum absolute atomic E-state index is 0.238. The summed E-state index contributed by atoms with van der Waals surface area (Å²) in [6.45, 7) is 2.22. The van der Waals surface area contributed by atoms with Crippen LogP contribution in [-0.2, 0) is 5.54 Å². The van der Waals surface area contributed by atoms with E-state index in [1.54, 1.807) is 0 Å². The molecule has 1 aliphatic rings. The number of nitrogens with two attached hydrogens (primary N) is 1. The highest BCUT2D eigenvalue weighted by molar-refractivity contribution is 6.34. The third-order valence-electron chi connectivity index (χ3n) is 4.00. The molecule has 19 heavy (non-hydrogen) atoms. The average Bonchev–Trinajstić information content (AvgIpc) is 2.78. The Balaban J connectivity index is 2.04. The van der Waals surface area contributed by atoms with E-state index < -0.39 is 11.4 Å². The van der Waals surface area contributed by atoms with E-state index in [-0.39, 0.29) is 5.02 Å². The highest BCUT2D eigenvalue weighted by Crippen LogP contribution is 2.39. The topological polar surface area (TPSA) is 52.0 Å². The molecule has 0 aliphatic heterocycles. The zero-order valence-corrected chi connectivity index (χ0v) is 11.5. The summed E-state index contributed by atoms with van der Waals surface area (Å²) in [5.41, 5.74) is 6.70. The summed E-state index contributed by atoms with van der Waals surface area (Å²) in [5, 5.41) is 0.238. The summed E-state index contributed by atoms with van der Waals surface area (Å²) in [6, 6.07) is 2.55. The molecule has 102 valence electrons. The van der Waals surface area contributed by atoms with E-state index in [9.17, 15) is 4.39 Å². The van der Waals surface area contributed by atoms with E-state index in [2.05, 4.69) is 11.9 Å². The van der Waals surface area contributed by atoms with Gasteiger partial charge < -0.3 is 10.2 Å². The number of benzene rings is 1. The molecule has 1 aliphatic carbocycles. The van der Waals surface area contributed by atoms with Gasteiger partial charge in [-0.3, -0.25) is 0 Å². The molecule has 0 spiro atoms. The van der Waals surface area contributed by atoms with E-state index >= 15 is 0 Å². The number of nitrogens with zero attached hydrogens (tertiary/aromatic N) is 1. The van der Waals surface area contributed by atoms with Crippen LogP contribution in [0.1, 0.15) is 38.5 Å². The molecule has 1 aromatic carbocycles. The van der Waals surface area contributed by atoms with Crippen LogP contribution in [0.2, 0.25) is 5.02 Å². The SMILES string of the molecule is CC1CCC(N)(c2nc3cc(F)cc(Cl)c3o2)CC1. The van der Waals surface area contributed by atoms with Gasteiger partial charge in [0, 0.05) is 6.07 Å². The number of halogens is 2. The van der Waals surface area contributed by atoms with Crippen molar-refractivity contribution in [3.8, 4) is 0 Å². The van der Waals surface area contributed by atoms with Crippen molar-refractivity contribution in [1.29, 1.82) is 0 Å². The number of hydrogen-bond acceptors (Lipinski definition) is 3. The maximum atomic E-state index is 13.3. The van der Waals surface area contributed by atoms with Crippen LogP contribution in [0.3, 0.4) is 0 Å². The normalized spacial score (nSPS) is 27.9. The number of aromatic nitrogens is 1. The van der Waals surface area contributed by atoms with Crippen molar-refractivity contribution in [2.24, 2.45) is 11.7 Å². The maximum Gasteiger partial charge on any atom is 0.215 e. The lowest BCUT2D eigenvalue weighted by molar-refractivity contribution is 0.209. The molecule has 0 radical (unpaired) electrons. The minimum atomic E-state index is -0.550. The molecule has 2 aromatic rings. The molecule has 1 fully saturated rings. The Morgan fingerprint density at radius 2 is 2.11 bits per heavy atom. The summed E-state index contributed by atoms with van der Waals surface area (Å²) >= 11 is 5.97. The Hall–Kier alpha value is -1.13. The Bertz CT molecular complexity index is 617. The van der Waals surface area contributed by atoms with Gasteiger partial charge in [0.05, 0.1) is 10.6 Å². The van der Waals surface area contributed by atoms with Gasteiger partial charge in [-0.2, -0.15) is 0 Å². The molecule has 5 heteroatoms. The van der Waals surface area contributed by atoms with Gasteiger partial charge in [-0.15, -0.1) is 0 Å². The predicted octanol–water partition coefficient (Wildman–Crippen LogP) is 3.98. The molecule has 0 amide bonds. The number of oxazole rings is 1. The second-order valence-electron chi connectivity index (χ2n) is 5.59.